The highest BCUT2D eigenvalue weighted by atomic mass is 35.5. The summed E-state index contributed by atoms with van der Waals surface area (Å²) in [5.74, 6) is 0.314. The lowest BCUT2D eigenvalue weighted by molar-refractivity contribution is 0.178. The van der Waals surface area contributed by atoms with Gasteiger partial charge in [-0.15, -0.1) is 0 Å². The monoisotopic (exact) mass is 257 g/mol. The molecule has 17 heavy (non-hydrogen) atoms. The molecule has 0 amide bonds. The van der Waals surface area contributed by atoms with E-state index in [-0.39, 0.29) is 5.82 Å². The summed E-state index contributed by atoms with van der Waals surface area (Å²) < 4.78 is 18.8. The zero-order valence-electron chi connectivity index (χ0n) is 9.88. The number of hydrogen-bond acceptors (Lipinski definition) is 2. The van der Waals surface area contributed by atoms with Crippen LogP contribution in [-0.4, -0.2) is 19.3 Å². The van der Waals surface area contributed by atoms with Crippen LogP contribution in [0.5, 0.6) is 0 Å². The summed E-state index contributed by atoms with van der Waals surface area (Å²) in [7, 11) is 0. The Balaban J connectivity index is 1.90. The molecule has 0 saturated carbocycles. The van der Waals surface area contributed by atoms with Crippen LogP contribution in [0.2, 0.25) is 5.02 Å². The molecule has 1 aliphatic rings. The van der Waals surface area contributed by atoms with Crippen molar-refractivity contribution < 1.29 is 9.13 Å². The van der Waals surface area contributed by atoms with Crippen molar-refractivity contribution in [1.82, 2.24) is 5.32 Å². The van der Waals surface area contributed by atoms with E-state index in [1.165, 1.54) is 6.07 Å². The van der Waals surface area contributed by atoms with Crippen LogP contribution in [0.25, 0.3) is 0 Å². The largest absolute Gasteiger partial charge is 0.381 e. The molecule has 0 unspecified atom stereocenters. The van der Waals surface area contributed by atoms with Crippen LogP contribution in [0.3, 0.4) is 0 Å². The second kappa shape index (κ2) is 5.80. The molecule has 94 valence electrons. The maximum Gasteiger partial charge on any atom is 0.127 e. The van der Waals surface area contributed by atoms with Crippen molar-refractivity contribution in [3.05, 3.63) is 34.6 Å². The molecule has 0 bridgehead atoms. The minimum Gasteiger partial charge on any atom is -0.381 e. The lowest BCUT2D eigenvalue weighted by Crippen LogP contribution is -2.33. The normalized spacial score (nSPS) is 21.7. The Bertz CT molecular complexity index is 380. The van der Waals surface area contributed by atoms with E-state index in [0.29, 0.717) is 29.1 Å². The van der Waals surface area contributed by atoms with Gasteiger partial charge < -0.3 is 10.1 Å². The van der Waals surface area contributed by atoms with Gasteiger partial charge >= 0.3 is 0 Å². The van der Waals surface area contributed by atoms with E-state index >= 15 is 0 Å². The van der Waals surface area contributed by atoms with Crippen LogP contribution >= 0.6 is 11.6 Å². The van der Waals surface area contributed by atoms with Crippen LogP contribution in [0.1, 0.15) is 18.9 Å². The summed E-state index contributed by atoms with van der Waals surface area (Å²) >= 11 is 5.84. The zero-order chi connectivity index (χ0) is 12.3. The van der Waals surface area contributed by atoms with Crippen molar-refractivity contribution in [2.75, 3.05) is 13.2 Å². The predicted octanol–water partition coefficient (Wildman–Crippen LogP) is 2.99. The van der Waals surface area contributed by atoms with Gasteiger partial charge in [0.05, 0.1) is 6.61 Å². The summed E-state index contributed by atoms with van der Waals surface area (Å²) in [5.41, 5.74) is 0.614. The predicted molar refractivity (Wildman–Crippen MR) is 66.6 cm³/mol. The van der Waals surface area contributed by atoms with Gasteiger partial charge in [0.25, 0.3) is 0 Å². The van der Waals surface area contributed by atoms with Crippen LogP contribution in [0.4, 0.5) is 4.39 Å². The minimum atomic E-state index is -0.211. The van der Waals surface area contributed by atoms with Gasteiger partial charge in [-0.3, -0.25) is 0 Å². The van der Waals surface area contributed by atoms with Crippen LogP contribution in [-0.2, 0) is 11.3 Å². The summed E-state index contributed by atoms with van der Waals surface area (Å²) in [5, 5.41) is 3.90. The molecule has 1 saturated heterocycles. The van der Waals surface area contributed by atoms with Crippen molar-refractivity contribution in [1.29, 1.82) is 0 Å². The van der Waals surface area contributed by atoms with Crippen LogP contribution in [0.15, 0.2) is 18.2 Å². The molecule has 0 spiro atoms. The van der Waals surface area contributed by atoms with Gasteiger partial charge in [-0.2, -0.15) is 0 Å². The third-order valence-electron chi connectivity index (χ3n) is 3.29. The van der Waals surface area contributed by atoms with E-state index in [1.807, 2.05) is 0 Å². The maximum atomic E-state index is 13.5. The third-order valence-corrected chi connectivity index (χ3v) is 3.53. The highest BCUT2D eigenvalue weighted by molar-refractivity contribution is 6.30. The molecule has 0 radical (unpaired) electrons. The number of rotatable bonds is 4. The average molecular weight is 258 g/mol. The quantitative estimate of drug-likeness (QED) is 0.895. The lowest BCUT2D eigenvalue weighted by Gasteiger charge is -2.19. The number of hydrogen-bond donors (Lipinski definition) is 1. The molecule has 2 atom stereocenters. The Kier molecular flexibility index (Phi) is 4.37. The standard InChI is InChI=1S/C13H17ClFNO/c1-9(10-4-5-17-8-10)16-7-11-6-12(14)2-3-13(11)15/h2-3,6,9-10,16H,4-5,7-8H2,1H3/t9-,10-/m1/s1. The molecule has 2 nitrogen and oxygen atoms in total. The molecule has 1 N–H and O–H groups in total. The Hall–Kier alpha value is -0.640. The molecule has 1 fully saturated rings. The molecule has 1 heterocycles. The minimum absolute atomic E-state index is 0.211. The topological polar surface area (TPSA) is 21.3 Å². The fraction of sp³-hybridized carbons (Fsp3) is 0.538. The SMILES string of the molecule is C[C@@H](NCc1cc(Cl)ccc1F)[C@@H]1CCOC1. The van der Waals surface area contributed by atoms with Crippen molar-refractivity contribution in [2.24, 2.45) is 5.92 Å². The zero-order valence-corrected chi connectivity index (χ0v) is 10.6. The van der Waals surface area contributed by atoms with Crippen LogP contribution < -0.4 is 5.32 Å². The summed E-state index contributed by atoms with van der Waals surface area (Å²) in [6.07, 6.45) is 1.08. The van der Waals surface area contributed by atoms with Gasteiger partial charge in [0.2, 0.25) is 0 Å². The van der Waals surface area contributed by atoms with E-state index < -0.39 is 0 Å². The van der Waals surface area contributed by atoms with E-state index in [4.69, 9.17) is 16.3 Å². The first-order chi connectivity index (χ1) is 8.16. The molecule has 4 heteroatoms. The molecule has 1 aromatic rings. The highest BCUT2D eigenvalue weighted by Crippen LogP contribution is 2.18. The number of ether oxygens (including phenoxy) is 1. The molecule has 0 aliphatic carbocycles. The molecule has 0 aromatic heterocycles. The Morgan fingerprint density at radius 2 is 2.41 bits per heavy atom. The summed E-state index contributed by atoms with van der Waals surface area (Å²) in [6, 6.07) is 4.97. The van der Waals surface area contributed by atoms with Gasteiger partial charge in [-0.1, -0.05) is 11.6 Å². The average Bonchev–Trinajstić information content (AvgIpc) is 2.83. The maximum absolute atomic E-state index is 13.5. The summed E-state index contributed by atoms with van der Waals surface area (Å²) in [4.78, 5) is 0. The Morgan fingerprint density at radius 3 is 3.12 bits per heavy atom. The number of benzene rings is 1. The number of nitrogens with one attached hydrogen (secondary N) is 1. The number of halogens is 2. The van der Waals surface area contributed by atoms with E-state index in [0.717, 1.165) is 19.6 Å². The van der Waals surface area contributed by atoms with Gasteiger partial charge in [0.1, 0.15) is 5.82 Å². The van der Waals surface area contributed by atoms with Gasteiger partial charge in [0, 0.05) is 29.8 Å². The first kappa shape index (κ1) is 12.8. The fourth-order valence-corrected chi connectivity index (χ4v) is 2.26. The van der Waals surface area contributed by atoms with Crippen LogP contribution in [0, 0.1) is 11.7 Å². The molecule has 2 rings (SSSR count). The Labute approximate surface area is 106 Å². The van der Waals surface area contributed by atoms with Gasteiger partial charge in [0.15, 0.2) is 0 Å². The van der Waals surface area contributed by atoms with E-state index in [1.54, 1.807) is 12.1 Å². The molecule has 1 aliphatic heterocycles. The molecule has 1 aromatic carbocycles. The fourth-order valence-electron chi connectivity index (χ4n) is 2.06. The van der Waals surface area contributed by atoms with Gasteiger partial charge in [-0.25, -0.2) is 4.39 Å². The molecular weight excluding hydrogens is 241 g/mol. The third kappa shape index (κ3) is 3.41. The first-order valence-electron chi connectivity index (χ1n) is 5.92. The van der Waals surface area contributed by atoms with E-state index in [9.17, 15) is 4.39 Å². The Morgan fingerprint density at radius 1 is 1.59 bits per heavy atom. The molecular formula is C13H17ClFNO. The lowest BCUT2D eigenvalue weighted by atomic mass is 10.0. The van der Waals surface area contributed by atoms with Crippen molar-refractivity contribution in [2.45, 2.75) is 25.9 Å². The highest BCUT2D eigenvalue weighted by Gasteiger charge is 2.21. The second-order valence-electron chi connectivity index (χ2n) is 4.53. The van der Waals surface area contributed by atoms with Crippen molar-refractivity contribution in [3.8, 4) is 0 Å². The smallest absolute Gasteiger partial charge is 0.127 e. The van der Waals surface area contributed by atoms with Crippen molar-refractivity contribution >= 4 is 11.6 Å². The van der Waals surface area contributed by atoms with E-state index in [2.05, 4.69) is 12.2 Å². The summed E-state index contributed by atoms with van der Waals surface area (Å²) in [6.45, 7) is 4.25. The van der Waals surface area contributed by atoms with Crippen molar-refractivity contribution in [3.63, 3.8) is 0 Å². The second-order valence-corrected chi connectivity index (χ2v) is 4.97. The first-order valence-corrected chi connectivity index (χ1v) is 6.29. The van der Waals surface area contributed by atoms with Gasteiger partial charge in [-0.05, 0) is 37.5 Å².